The Kier molecular flexibility index (Phi) is 7.02. The number of hydrogen-bond acceptors (Lipinski definition) is 4. The number of rotatable bonds is 5. The van der Waals surface area contributed by atoms with Crippen LogP contribution < -0.4 is 4.90 Å². The van der Waals surface area contributed by atoms with Gasteiger partial charge < -0.3 is 10.1 Å². The molecule has 0 aliphatic carbocycles. The molecule has 0 saturated carbocycles. The predicted molar refractivity (Wildman–Crippen MR) is 147 cm³/mol. The van der Waals surface area contributed by atoms with Crippen LogP contribution in [0.4, 0.5) is 5.69 Å². The van der Waals surface area contributed by atoms with E-state index in [0.29, 0.717) is 17.3 Å². The summed E-state index contributed by atoms with van der Waals surface area (Å²) in [4.78, 5) is 9.82. The van der Waals surface area contributed by atoms with Gasteiger partial charge in [-0.15, -0.1) is 0 Å². The van der Waals surface area contributed by atoms with Gasteiger partial charge in [0.25, 0.3) is 0 Å². The minimum atomic E-state index is -1.28. The zero-order valence-electron chi connectivity index (χ0n) is 19.8. The molecule has 2 aliphatic heterocycles. The molecule has 3 aromatic carbocycles. The van der Waals surface area contributed by atoms with Gasteiger partial charge in [-0.2, -0.15) is 9.73 Å². The number of hydroxylamine groups is 1. The van der Waals surface area contributed by atoms with Gasteiger partial charge in [-0.1, -0.05) is 66.7 Å². The van der Waals surface area contributed by atoms with Crippen molar-refractivity contribution in [2.45, 2.75) is 25.6 Å². The summed E-state index contributed by atoms with van der Waals surface area (Å²) < 4.78 is 1.12. The summed E-state index contributed by atoms with van der Waals surface area (Å²) in [6.45, 7) is 4.49. The number of thioether (sulfide) groups is 1. The van der Waals surface area contributed by atoms with E-state index in [-0.39, 0.29) is 0 Å². The fourth-order valence-corrected chi connectivity index (χ4v) is 5.76. The minimum absolute atomic E-state index is 0.428. The lowest BCUT2D eigenvalue weighted by Gasteiger charge is -2.35. The average molecular weight is 505 g/mol. The molecule has 35 heavy (non-hydrogen) atoms. The molecule has 1 unspecified atom stereocenters. The summed E-state index contributed by atoms with van der Waals surface area (Å²) in [7, 11) is 0. The van der Waals surface area contributed by atoms with Crippen LogP contribution in [-0.2, 0) is 5.79 Å². The smallest absolute Gasteiger partial charge is 0.379 e. The van der Waals surface area contributed by atoms with Crippen molar-refractivity contribution >= 4 is 39.9 Å². The van der Waals surface area contributed by atoms with Crippen LogP contribution in [0.5, 0.6) is 0 Å². The maximum Gasteiger partial charge on any atom is 0.379 e. The van der Waals surface area contributed by atoms with Gasteiger partial charge in [-0.3, -0.25) is 4.90 Å². The van der Waals surface area contributed by atoms with Crippen LogP contribution >= 0.6 is 23.4 Å². The summed E-state index contributed by atoms with van der Waals surface area (Å²) in [6.07, 6.45) is 2.29. The summed E-state index contributed by atoms with van der Waals surface area (Å²) in [6, 6.07) is 27.5. The largest absolute Gasteiger partial charge is 0.620 e. The highest BCUT2D eigenvalue weighted by molar-refractivity contribution is 8.13. The van der Waals surface area contributed by atoms with Crippen molar-refractivity contribution in [2.75, 3.05) is 30.3 Å². The molecule has 3 aromatic rings. The lowest BCUT2D eigenvalue weighted by Crippen LogP contribution is -2.48. The van der Waals surface area contributed by atoms with E-state index >= 15 is 0 Å². The number of nitrogens with zero attached hydrogens (tertiary/aromatic N) is 4. The monoisotopic (exact) mass is 504 g/mol. The van der Waals surface area contributed by atoms with Gasteiger partial charge in [0, 0.05) is 29.4 Å². The maximum absolute atomic E-state index is 14.5. The van der Waals surface area contributed by atoms with Gasteiger partial charge in [-0.25, -0.2) is 0 Å². The van der Waals surface area contributed by atoms with Gasteiger partial charge in [0.1, 0.15) is 6.54 Å². The van der Waals surface area contributed by atoms with E-state index in [1.54, 1.807) is 11.8 Å². The summed E-state index contributed by atoms with van der Waals surface area (Å²) in [5.41, 5.74) is 3.33. The zero-order valence-corrected chi connectivity index (χ0v) is 21.4. The lowest BCUT2D eigenvalue weighted by molar-refractivity contribution is -0.547. The fourth-order valence-electron chi connectivity index (χ4n) is 4.82. The van der Waals surface area contributed by atoms with Crippen molar-refractivity contribution in [3.05, 3.63) is 106 Å². The summed E-state index contributed by atoms with van der Waals surface area (Å²) in [5, 5.41) is 16.1. The van der Waals surface area contributed by atoms with Crippen molar-refractivity contribution in [3.63, 3.8) is 0 Å². The van der Waals surface area contributed by atoms with E-state index < -0.39 is 5.79 Å². The van der Waals surface area contributed by atoms with Crippen molar-refractivity contribution in [1.29, 1.82) is 0 Å². The Morgan fingerprint density at radius 2 is 1.60 bits per heavy atom. The van der Waals surface area contributed by atoms with Crippen LogP contribution in [0.3, 0.4) is 0 Å². The number of halogens is 1. The first-order valence-electron chi connectivity index (χ1n) is 12.1. The van der Waals surface area contributed by atoms with Gasteiger partial charge in [0.15, 0.2) is 5.17 Å². The highest BCUT2D eigenvalue weighted by Crippen LogP contribution is 2.41. The van der Waals surface area contributed by atoms with E-state index in [2.05, 4.69) is 16.7 Å². The third-order valence-electron chi connectivity index (χ3n) is 6.52. The van der Waals surface area contributed by atoms with E-state index in [1.165, 1.54) is 0 Å². The van der Waals surface area contributed by atoms with E-state index in [0.717, 1.165) is 58.4 Å². The van der Waals surface area contributed by atoms with Gasteiger partial charge in [-0.05, 0) is 67.1 Å². The SMILES string of the molecule is CCS/C(=N\C1(c2ccccc2)N(c2ccc(Cl)cc2)CC(c2ccccc2)=[N+]1[O-])N1CCCC1. The van der Waals surface area contributed by atoms with Crippen LogP contribution in [0.2, 0.25) is 5.02 Å². The van der Waals surface area contributed by atoms with E-state index in [4.69, 9.17) is 16.6 Å². The van der Waals surface area contributed by atoms with Gasteiger partial charge in [0.2, 0.25) is 5.71 Å². The van der Waals surface area contributed by atoms with Gasteiger partial charge >= 0.3 is 5.79 Å². The number of anilines is 1. The molecule has 0 radical (unpaired) electrons. The quantitative estimate of drug-likeness (QED) is 0.180. The molecule has 2 heterocycles. The number of hydrogen-bond donors (Lipinski definition) is 0. The second-order valence-corrected chi connectivity index (χ2v) is 10.4. The second-order valence-electron chi connectivity index (χ2n) is 8.69. The Morgan fingerprint density at radius 1 is 0.971 bits per heavy atom. The highest BCUT2D eigenvalue weighted by atomic mass is 35.5. The third-order valence-corrected chi connectivity index (χ3v) is 7.67. The Bertz CT molecular complexity index is 1210. The maximum atomic E-state index is 14.5. The van der Waals surface area contributed by atoms with Crippen molar-refractivity contribution in [2.24, 2.45) is 4.99 Å². The van der Waals surface area contributed by atoms with Crippen LogP contribution in [-0.4, -0.2) is 45.9 Å². The molecule has 180 valence electrons. The first kappa shape index (κ1) is 23.8. The normalized spacial score (nSPS) is 20.7. The topological polar surface area (TPSA) is 44.9 Å². The lowest BCUT2D eigenvalue weighted by atomic mass is 10.1. The number of amidine groups is 1. The molecule has 2 aliphatic rings. The van der Waals surface area contributed by atoms with Crippen molar-refractivity contribution in [3.8, 4) is 0 Å². The molecule has 5 rings (SSSR count). The highest BCUT2D eigenvalue weighted by Gasteiger charge is 2.55. The zero-order chi connectivity index (χ0) is 24.3. The summed E-state index contributed by atoms with van der Waals surface area (Å²) >= 11 is 7.94. The van der Waals surface area contributed by atoms with E-state index in [1.807, 2.05) is 84.9 Å². The Balaban J connectivity index is 1.78. The Labute approximate surface area is 216 Å². The molecule has 0 bridgehead atoms. The second kappa shape index (κ2) is 10.3. The molecular formula is C28H29ClN4OS. The van der Waals surface area contributed by atoms with Crippen LogP contribution in [0.15, 0.2) is 89.9 Å². The van der Waals surface area contributed by atoms with Gasteiger partial charge in [0.05, 0.1) is 5.56 Å². The molecule has 7 heteroatoms. The molecule has 1 fully saturated rings. The molecule has 1 saturated heterocycles. The average Bonchev–Trinajstić information content (AvgIpc) is 3.53. The number of benzene rings is 3. The molecule has 0 spiro atoms. The molecular weight excluding hydrogens is 476 g/mol. The standard InChI is InChI=1S/C28H29ClN4OS/c1-2-35-27(31-19-9-10-20-31)30-28(23-13-7-4-8-14-23)32(25-17-15-24(29)16-18-25)21-26(33(28)34)22-11-5-3-6-12-22/h3-8,11-18H,2,9-10,19-21H2,1H3/b30-27-. The molecule has 0 N–H and O–H groups in total. The fraction of sp³-hybridized carbons (Fsp3) is 0.286. The number of likely N-dealkylation sites (tertiary alicyclic amines) is 1. The first-order valence-corrected chi connectivity index (χ1v) is 13.4. The molecule has 0 aromatic heterocycles. The van der Waals surface area contributed by atoms with E-state index in [9.17, 15) is 5.21 Å². The summed E-state index contributed by atoms with van der Waals surface area (Å²) in [5.74, 6) is -0.393. The van der Waals surface area contributed by atoms with Crippen LogP contribution in [0.1, 0.15) is 30.9 Å². The van der Waals surface area contributed by atoms with Crippen molar-refractivity contribution < 1.29 is 4.74 Å². The molecule has 5 nitrogen and oxygen atoms in total. The molecule has 1 atom stereocenters. The number of aliphatic imine (C=N–C) groups is 1. The third kappa shape index (κ3) is 4.53. The Hall–Kier alpha value is -2.96. The van der Waals surface area contributed by atoms with Crippen LogP contribution in [0.25, 0.3) is 0 Å². The molecule has 0 amide bonds. The van der Waals surface area contributed by atoms with Crippen molar-refractivity contribution in [1.82, 2.24) is 4.90 Å². The minimum Gasteiger partial charge on any atom is -0.620 e. The van der Waals surface area contributed by atoms with Crippen LogP contribution in [0, 0.1) is 5.21 Å². The predicted octanol–water partition coefficient (Wildman–Crippen LogP) is 6.18. The Morgan fingerprint density at radius 3 is 2.23 bits per heavy atom. The first-order chi connectivity index (χ1) is 17.1.